The Balaban J connectivity index is 2.34. The van der Waals surface area contributed by atoms with Gasteiger partial charge in [-0.1, -0.05) is 12.1 Å². The predicted molar refractivity (Wildman–Crippen MR) is 67.1 cm³/mol. The molecule has 1 atom stereocenters. The summed E-state index contributed by atoms with van der Waals surface area (Å²) in [6.07, 6.45) is 1.05. The first-order valence-electron chi connectivity index (χ1n) is 5.34. The van der Waals surface area contributed by atoms with E-state index in [9.17, 15) is 8.42 Å². The summed E-state index contributed by atoms with van der Waals surface area (Å²) >= 11 is 0. The standard InChI is InChI=1S/C11H14ClNO3S/c1-16-9-6-7-13(8-9)10-4-2-3-5-11(10)17(12,14)15/h2-5,9H,6-8H2,1H3. The highest BCUT2D eigenvalue weighted by molar-refractivity contribution is 8.13. The molecule has 0 bridgehead atoms. The zero-order valence-corrected chi connectivity index (χ0v) is 11.0. The Kier molecular flexibility index (Phi) is 3.61. The second-order valence-corrected chi connectivity index (χ2v) is 6.53. The van der Waals surface area contributed by atoms with Gasteiger partial charge in [-0.05, 0) is 18.6 Å². The van der Waals surface area contributed by atoms with Crippen molar-refractivity contribution >= 4 is 25.4 Å². The third-order valence-corrected chi connectivity index (χ3v) is 4.32. The van der Waals surface area contributed by atoms with Crippen molar-refractivity contribution in [2.45, 2.75) is 17.4 Å². The van der Waals surface area contributed by atoms with Gasteiger partial charge in [-0.2, -0.15) is 0 Å². The first kappa shape index (κ1) is 12.7. The zero-order valence-electron chi connectivity index (χ0n) is 9.47. The predicted octanol–water partition coefficient (Wildman–Crippen LogP) is 1.84. The summed E-state index contributed by atoms with van der Waals surface area (Å²) in [7, 11) is 3.39. The lowest BCUT2D eigenvalue weighted by Crippen LogP contribution is -2.23. The van der Waals surface area contributed by atoms with Gasteiger partial charge in [0.1, 0.15) is 4.90 Å². The first-order valence-corrected chi connectivity index (χ1v) is 7.64. The highest BCUT2D eigenvalue weighted by Crippen LogP contribution is 2.30. The van der Waals surface area contributed by atoms with Crippen molar-refractivity contribution < 1.29 is 13.2 Å². The molecule has 0 saturated carbocycles. The van der Waals surface area contributed by atoms with E-state index in [2.05, 4.69) is 0 Å². The van der Waals surface area contributed by atoms with Crippen LogP contribution in [0.25, 0.3) is 0 Å². The number of methoxy groups -OCH3 is 1. The minimum atomic E-state index is -3.71. The van der Waals surface area contributed by atoms with Gasteiger partial charge in [-0.3, -0.25) is 0 Å². The van der Waals surface area contributed by atoms with E-state index in [-0.39, 0.29) is 11.0 Å². The maximum Gasteiger partial charge on any atom is 0.263 e. The molecule has 0 aliphatic carbocycles. The molecule has 0 aromatic heterocycles. The summed E-state index contributed by atoms with van der Waals surface area (Å²) in [6.45, 7) is 1.47. The van der Waals surface area contributed by atoms with Crippen molar-refractivity contribution in [3.05, 3.63) is 24.3 Å². The van der Waals surface area contributed by atoms with Crippen molar-refractivity contribution in [1.82, 2.24) is 0 Å². The van der Waals surface area contributed by atoms with E-state index >= 15 is 0 Å². The van der Waals surface area contributed by atoms with Crippen molar-refractivity contribution in [3.8, 4) is 0 Å². The molecule has 94 valence electrons. The number of halogens is 1. The number of nitrogens with zero attached hydrogens (tertiary/aromatic N) is 1. The van der Waals surface area contributed by atoms with Gasteiger partial charge in [0.05, 0.1) is 11.8 Å². The average Bonchev–Trinajstić information content (AvgIpc) is 2.76. The normalized spacial score (nSPS) is 20.8. The molecule has 0 radical (unpaired) electrons. The Morgan fingerprint density at radius 1 is 1.41 bits per heavy atom. The minimum absolute atomic E-state index is 0.154. The summed E-state index contributed by atoms with van der Waals surface area (Å²) in [5.74, 6) is 0. The number of anilines is 1. The fraction of sp³-hybridized carbons (Fsp3) is 0.455. The highest BCUT2D eigenvalue weighted by atomic mass is 35.7. The third-order valence-electron chi connectivity index (χ3n) is 2.95. The van der Waals surface area contributed by atoms with E-state index in [0.717, 1.165) is 13.0 Å². The van der Waals surface area contributed by atoms with Crippen LogP contribution in [0.1, 0.15) is 6.42 Å². The molecule has 1 aliphatic heterocycles. The molecule has 1 heterocycles. The number of benzene rings is 1. The molecule has 1 aromatic carbocycles. The Morgan fingerprint density at radius 3 is 2.71 bits per heavy atom. The van der Waals surface area contributed by atoms with Crippen LogP contribution in [0.2, 0.25) is 0 Å². The SMILES string of the molecule is COC1CCN(c2ccccc2S(=O)(=O)Cl)C1. The lowest BCUT2D eigenvalue weighted by atomic mass is 10.3. The minimum Gasteiger partial charge on any atom is -0.380 e. The quantitative estimate of drug-likeness (QED) is 0.790. The average molecular weight is 276 g/mol. The van der Waals surface area contributed by atoms with Crippen LogP contribution in [0.3, 0.4) is 0 Å². The summed E-state index contributed by atoms with van der Waals surface area (Å²) in [5.41, 5.74) is 0.655. The zero-order chi connectivity index (χ0) is 12.5. The van der Waals surface area contributed by atoms with Crippen LogP contribution >= 0.6 is 10.7 Å². The largest absolute Gasteiger partial charge is 0.380 e. The molecule has 1 aliphatic rings. The van der Waals surface area contributed by atoms with E-state index in [1.165, 1.54) is 6.07 Å². The van der Waals surface area contributed by atoms with Gasteiger partial charge >= 0.3 is 0 Å². The van der Waals surface area contributed by atoms with Crippen molar-refractivity contribution in [1.29, 1.82) is 0 Å². The molecule has 0 N–H and O–H groups in total. The summed E-state index contributed by atoms with van der Waals surface area (Å²) < 4.78 is 28.2. The summed E-state index contributed by atoms with van der Waals surface area (Å²) in [6, 6.07) is 6.77. The number of rotatable bonds is 3. The topological polar surface area (TPSA) is 46.6 Å². The number of ether oxygens (including phenoxy) is 1. The maximum atomic E-state index is 11.5. The fourth-order valence-electron chi connectivity index (χ4n) is 2.06. The number of hydrogen-bond acceptors (Lipinski definition) is 4. The van der Waals surface area contributed by atoms with Gasteiger partial charge < -0.3 is 9.64 Å². The second kappa shape index (κ2) is 4.84. The van der Waals surface area contributed by atoms with E-state index in [1.807, 2.05) is 4.90 Å². The van der Waals surface area contributed by atoms with Crippen LogP contribution < -0.4 is 4.90 Å². The molecule has 4 nitrogen and oxygen atoms in total. The van der Waals surface area contributed by atoms with E-state index in [1.54, 1.807) is 25.3 Å². The van der Waals surface area contributed by atoms with Crippen LogP contribution in [-0.2, 0) is 13.8 Å². The molecular weight excluding hydrogens is 262 g/mol. The van der Waals surface area contributed by atoms with Crippen molar-refractivity contribution in [2.24, 2.45) is 0 Å². The van der Waals surface area contributed by atoms with Crippen LogP contribution in [0.5, 0.6) is 0 Å². The number of hydrogen-bond donors (Lipinski definition) is 0. The van der Waals surface area contributed by atoms with Gasteiger partial charge in [0.15, 0.2) is 0 Å². The molecule has 1 aromatic rings. The second-order valence-electron chi connectivity index (χ2n) is 4.00. The molecular formula is C11H14ClNO3S. The van der Waals surface area contributed by atoms with Crippen molar-refractivity contribution in [3.63, 3.8) is 0 Å². The molecule has 17 heavy (non-hydrogen) atoms. The summed E-state index contributed by atoms with van der Waals surface area (Å²) in [5, 5.41) is 0. The summed E-state index contributed by atoms with van der Waals surface area (Å²) in [4.78, 5) is 2.15. The molecule has 0 amide bonds. The Hall–Kier alpha value is -0.780. The Morgan fingerprint density at radius 2 is 2.12 bits per heavy atom. The van der Waals surface area contributed by atoms with Gasteiger partial charge in [0, 0.05) is 30.9 Å². The lowest BCUT2D eigenvalue weighted by molar-refractivity contribution is 0.121. The maximum absolute atomic E-state index is 11.5. The van der Waals surface area contributed by atoms with Gasteiger partial charge in [-0.15, -0.1) is 0 Å². The van der Waals surface area contributed by atoms with Crippen LogP contribution in [0.4, 0.5) is 5.69 Å². The molecule has 1 fully saturated rings. The van der Waals surface area contributed by atoms with E-state index < -0.39 is 9.05 Å². The molecule has 1 unspecified atom stereocenters. The molecule has 2 rings (SSSR count). The van der Waals surface area contributed by atoms with Gasteiger partial charge in [0.2, 0.25) is 0 Å². The lowest BCUT2D eigenvalue weighted by Gasteiger charge is -2.20. The highest BCUT2D eigenvalue weighted by Gasteiger charge is 2.26. The molecule has 0 spiro atoms. The van der Waals surface area contributed by atoms with Gasteiger partial charge in [-0.25, -0.2) is 8.42 Å². The van der Waals surface area contributed by atoms with Gasteiger partial charge in [0.25, 0.3) is 9.05 Å². The Labute approximate surface area is 106 Å². The van der Waals surface area contributed by atoms with E-state index in [0.29, 0.717) is 12.2 Å². The van der Waals surface area contributed by atoms with Crippen LogP contribution in [-0.4, -0.2) is 34.7 Å². The van der Waals surface area contributed by atoms with Crippen molar-refractivity contribution in [2.75, 3.05) is 25.1 Å². The Bertz CT molecular complexity index is 503. The smallest absolute Gasteiger partial charge is 0.263 e. The van der Waals surface area contributed by atoms with E-state index in [4.69, 9.17) is 15.4 Å². The number of para-hydroxylation sites is 1. The van der Waals surface area contributed by atoms with Crippen LogP contribution in [0, 0.1) is 0 Å². The first-order chi connectivity index (χ1) is 8.02. The van der Waals surface area contributed by atoms with Crippen LogP contribution in [0.15, 0.2) is 29.2 Å². The monoisotopic (exact) mass is 275 g/mol. The third kappa shape index (κ3) is 2.73. The molecule has 6 heteroatoms. The fourth-order valence-corrected chi connectivity index (χ4v) is 3.14. The molecule has 1 saturated heterocycles.